The Bertz CT molecular complexity index is 1350. The van der Waals surface area contributed by atoms with Gasteiger partial charge in [0.25, 0.3) is 0 Å². The molecule has 0 rings (SSSR count). The van der Waals surface area contributed by atoms with E-state index in [4.69, 9.17) is 11.5 Å². The molecule has 0 aliphatic rings. The van der Waals surface area contributed by atoms with Crippen LogP contribution in [0.15, 0.2) is 0 Å². The normalized spacial score (nSPS) is 15.5. The Morgan fingerprint density at radius 1 is 0.621 bits per heavy atom. The third kappa shape index (κ3) is 21.1. The topological polar surface area (TPSA) is 334 Å². The summed E-state index contributed by atoms with van der Waals surface area (Å²) in [5.74, 6) is -6.90. The molecule has 0 fully saturated rings. The predicted molar refractivity (Wildman–Crippen MR) is 219 cm³/mol. The van der Waals surface area contributed by atoms with Crippen LogP contribution in [0.3, 0.4) is 0 Å². The van der Waals surface area contributed by atoms with Crippen LogP contribution >= 0.6 is 11.8 Å². The SMILES string of the molecule is CSCC[C@H](NC(=O)[C@H](CC(C)C)NC(=O)[C@H](CCCCN)NC(=O)[C@H](CC(C)C)NC(=O)[C@@H](N)CO)C(=O)NCC(=O)N[C@H](C(=O)N[C@H](C(=O)O)C(C)C)[C@@H](C)O. The van der Waals surface area contributed by atoms with Gasteiger partial charge in [0.1, 0.15) is 42.3 Å². The van der Waals surface area contributed by atoms with E-state index in [2.05, 4.69) is 37.2 Å². The Labute approximate surface area is 345 Å². The minimum absolute atomic E-state index is 0.0496. The Morgan fingerprint density at radius 3 is 1.53 bits per heavy atom. The van der Waals surface area contributed by atoms with Crippen LogP contribution in [0.25, 0.3) is 0 Å². The molecule has 14 N–H and O–H groups in total. The molecule has 0 aromatic heterocycles. The first kappa shape index (κ1) is 53.9. The molecule has 20 nitrogen and oxygen atoms in total. The van der Waals surface area contributed by atoms with Gasteiger partial charge in [0.15, 0.2) is 0 Å². The summed E-state index contributed by atoms with van der Waals surface area (Å²) in [4.78, 5) is 104. The number of nitrogens with two attached hydrogens (primary N) is 2. The van der Waals surface area contributed by atoms with Gasteiger partial charge in [-0.25, -0.2) is 4.79 Å². The van der Waals surface area contributed by atoms with E-state index in [0.717, 1.165) is 0 Å². The van der Waals surface area contributed by atoms with Gasteiger partial charge in [0, 0.05) is 0 Å². The van der Waals surface area contributed by atoms with Crippen molar-refractivity contribution >= 4 is 59.1 Å². The lowest BCUT2D eigenvalue weighted by Crippen LogP contribution is -2.60. The number of carbonyl (C=O) groups is 8. The number of aliphatic hydroxyl groups excluding tert-OH is 2. The summed E-state index contributed by atoms with van der Waals surface area (Å²) in [6.07, 6.45) is 1.98. The van der Waals surface area contributed by atoms with Crippen molar-refractivity contribution < 1.29 is 53.7 Å². The van der Waals surface area contributed by atoms with Crippen molar-refractivity contribution in [3.8, 4) is 0 Å². The molecule has 0 aliphatic carbocycles. The van der Waals surface area contributed by atoms with Gasteiger partial charge in [-0.05, 0) is 81.8 Å². The Balaban J connectivity index is 6.06. The number of unbranched alkanes of at least 4 members (excludes halogenated alkanes) is 1. The van der Waals surface area contributed by atoms with E-state index in [1.807, 2.05) is 27.7 Å². The number of hydrogen-bond donors (Lipinski definition) is 12. The zero-order chi connectivity index (χ0) is 44.7. The van der Waals surface area contributed by atoms with E-state index >= 15 is 0 Å². The summed E-state index contributed by atoms with van der Waals surface area (Å²) < 4.78 is 0. The number of aliphatic carboxylic acids is 1. The standard InChI is InChI=1S/C37H69N9O11S/c1-19(2)15-26(43-31(50)23(39)18-47)34(53)41-24(11-9-10-13-38)33(52)44-27(16-20(3)4)35(54)42-25(12-14-58-8)32(51)40-17-28(49)45-30(22(7)48)36(55)46-29(21(5)6)37(56)57/h19-27,29-30,47-48H,9-18,38-39H2,1-8H3,(H,40,51)(H,41,53)(H,42,54)(H,43,50)(H,44,52)(H,45,49)(H,46,55)(H,56,57)/t22-,23+,24+,25+,26+,27+,29+,30+/m1/s1. The molecule has 0 aromatic rings. The third-order valence-electron chi connectivity index (χ3n) is 8.77. The number of thioether (sulfide) groups is 1. The summed E-state index contributed by atoms with van der Waals surface area (Å²) in [5, 5.41) is 46.5. The van der Waals surface area contributed by atoms with Crippen LogP contribution in [-0.4, -0.2) is 143 Å². The molecular formula is C37H69N9O11S. The molecule has 0 radical (unpaired) electrons. The molecule has 0 saturated heterocycles. The molecule has 0 bridgehead atoms. The first-order chi connectivity index (χ1) is 27.1. The van der Waals surface area contributed by atoms with Crippen molar-refractivity contribution in [2.24, 2.45) is 29.2 Å². The number of rotatable bonds is 29. The zero-order valence-corrected chi connectivity index (χ0v) is 35.9. The highest BCUT2D eigenvalue weighted by molar-refractivity contribution is 7.98. The van der Waals surface area contributed by atoms with Gasteiger partial charge in [0.2, 0.25) is 41.4 Å². The molecule has 58 heavy (non-hydrogen) atoms. The van der Waals surface area contributed by atoms with Crippen molar-refractivity contribution in [1.29, 1.82) is 0 Å². The molecule has 334 valence electrons. The second kappa shape index (κ2) is 28.4. The van der Waals surface area contributed by atoms with Crippen LogP contribution in [0.1, 0.15) is 87.0 Å². The molecule has 0 spiro atoms. The van der Waals surface area contributed by atoms with Gasteiger partial charge in [-0.1, -0.05) is 41.5 Å². The van der Waals surface area contributed by atoms with Crippen molar-refractivity contribution in [2.45, 2.75) is 135 Å². The predicted octanol–water partition coefficient (Wildman–Crippen LogP) is -2.57. The summed E-state index contributed by atoms with van der Waals surface area (Å²) in [6, 6.07) is -8.61. The third-order valence-corrected chi connectivity index (χ3v) is 9.42. The molecule has 0 aliphatic heterocycles. The lowest BCUT2D eigenvalue weighted by atomic mass is 10.00. The summed E-state index contributed by atoms with van der Waals surface area (Å²) >= 11 is 1.39. The smallest absolute Gasteiger partial charge is 0.326 e. The fraction of sp³-hybridized carbons (Fsp3) is 0.784. The maximum absolute atomic E-state index is 13.8. The van der Waals surface area contributed by atoms with Gasteiger partial charge in [-0.2, -0.15) is 11.8 Å². The van der Waals surface area contributed by atoms with E-state index in [9.17, 15) is 53.7 Å². The molecular weight excluding hydrogens is 779 g/mol. The molecule has 0 aromatic carbocycles. The minimum Gasteiger partial charge on any atom is -0.480 e. The summed E-state index contributed by atoms with van der Waals surface area (Å²) in [7, 11) is 0. The van der Waals surface area contributed by atoms with Gasteiger partial charge in [-0.15, -0.1) is 0 Å². The largest absolute Gasteiger partial charge is 0.480 e. The van der Waals surface area contributed by atoms with Crippen molar-refractivity contribution in [3.05, 3.63) is 0 Å². The average Bonchev–Trinajstić information content (AvgIpc) is 3.14. The highest BCUT2D eigenvalue weighted by Gasteiger charge is 2.34. The van der Waals surface area contributed by atoms with Crippen molar-refractivity contribution in [1.82, 2.24) is 37.2 Å². The second-order valence-electron chi connectivity index (χ2n) is 15.4. The lowest BCUT2D eigenvalue weighted by molar-refractivity contribution is -0.144. The van der Waals surface area contributed by atoms with Gasteiger partial charge in [0.05, 0.1) is 19.3 Å². The highest BCUT2D eigenvalue weighted by atomic mass is 32.2. The van der Waals surface area contributed by atoms with Gasteiger partial charge in [-0.3, -0.25) is 33.6 Å². The van der Waals surface area contributed by atoms with Gasteiger partial charge >= 0.3 is 5.97 Å². The quantitative estimate of drug-likeness (QED) is 0.0345. The van der Waals surface area contributed by atoms with Crippen LogP contribution in [-0.2, 0) is 38.4 Å². The highest BCUT2D eigenvalue weighted by Crippen LogP contribution is 2.11. The number of carboxylic acids is 1. The lowest BCUT2D eigenvalue weighted by Gasteiger charge is -2.28. The maximum atomic E-state index is 13.8. The van der Waals surface area contributed by atoms with E-state index in [0.29, 0.717) is 25.1 Å². The molecule has 0 heterocycles. The number of carbonyl (C=O) groups excluding carboxylic acids is 7. The van der Waals surface area contributed by atoms with Crippen LogP contribution in [0.4, 0.5) is 0 Å². The first-order valence-electron chi connectivity index (χ1n) is 19.6. The maximum Gasteiger partial charge on any atom is 0.326 e. The van der Waals surface area contributed by atoms with E-state index in [-0.39, 0.29) is 37.5 Å². The van der Waals surface area contributed by atoms with Crippen molar-refractivity contribution in [3.63, 3.8) is 0 Å². The van der Waals surface area contributed by atoms with E-state index in [1.165, 1.54) is 18.7 Å². The Morgan fingerprint density at radius 2 is 1.10 bits per heavy atom. The second-order valence-corrected chi connectivity index (χ2v) is 16.4. The molecule has 8 atom stereocenters. The van der Waals surface area contributed by atoms with Crippen LogP contribution in [0, 0.1) is 17.8 Å². The van der Waals surface area contributed by atoms with E-state index in [1.54, 1.807) is 20.1 Å². The van der Waals surface area contributed by atoms with Crippen molar-refractivity contribution in [2.75, 3.05) is 31.7 Å². The minimum atomic E-state index is -1.54. The van der Waals surface area contributed by atoms with Gasteiger partial charge < -0.3 is 64.0 Å². The molecule has 7 amide bonds. The first-order valence-corrected chi connectivity index (χ1v) is 21.0. The number of carboxylic acid groups (broad SMARTS) is 1. The number of aliphatic hydroxyl groups is 2. The Hall–Kier alpha value is -4.05. The fourth-order valence-corrected chi connectivity index (χ4v) is 6.00. The Kier molecular flexibility index (Phi) is 26.4. The van der Waals surface area contributed by atoms with Crippen LogP contribution in [0.5, 0.6) is 0 Å². The molecule has 0 saturated carbocycles. The summed E-state index contributed by atoms with van der Waals surface area (Å²) in [5.41, 5.74) is 11.3. The number of nitrogens with one attached hydrogen (secondary N) is 7. The fourth-order valence-electron chi connectivity index (χ4n) is 5.53. The number of amides is 7. The van der Waals surface area contributed by atoms with Crippen LogP contribution in [0.2, 0.25) is 0 Å². The zero-order valence-electron chi connectivity index (χ0n) is 35.1. The summed E-state index contributed by atoms with van der Waals surface area (Å²) in [6.45, 7) is 10.7. The van der Waals surface area contributed by atoms with E-state index < -0.39 is 115 Å². The van der Waals surface area contributed by atoms with Crippen LogP contribution < -0.4 is 48.7 Å². The molecule has 21 heteroatoms. The number of hydrogen-bond acceptors (Lipinski definition) is 13. The average molecular weight is 848 g/mol. The monoisotopic (exact) mass is 847 g/mol. The molecule has 0 unspecified atom stereocenters.